The first-order valence-corrected chi connectivity index (χ1v) is 11.5. The molecule has 1 unspecified atom stereocenters. The van der Waals surface area contributed by atoms with E-state index in [1.165, 1.54) is 11.3 Å². The molecule has 1 aliphatic carbocycles. The minimum absolute atomic E-state index is 0. The fourth-order valence-corrected chi connectivity index (χ4v) is 5.06. The second kappa shape index (κ2) is 11.3. The molecule has 1 atom stereocenters. The van der Waals surface area contributed by atoms with Crippen LogP contribution in [0.3, 0.4) is 0 Å². The fourth-order valence-electron chi connectivity index (χ4n) is 5.06. The largest absolute Gasteiger partial charge is 0.355 e. The Morgan fingerprint density at radius 2 is 1.78 bits per heavy atom. The van der Waals surface area contributed by atoms with Gasteiger partial charge in [-0.2, -0.15) is 0 Å². The molecule has 8 heteroatoms. The van der Waals surface area contributed by atoms with Crippen LogP contribution in [-0.2, 0) is 17.6 Å². The van der Waals surface area contributed by atoms with Crippen LogP contribution in [0.2, 0.25) is 0 Å². The molecule has 0 spiro atoms. The molecular weight excluding hydrogens is 445 g/mol. The summed E-state index contributed by atoms with van der Waals surface area (Å²) in [5.74, 6) is 2.14. The summed E-state index contributed by atoms with van der Waals surface area (Å²) in [5.41, 5.74) is 3.56. The summed E-state index contributed by atoms with van der Waals surface area (Å²) < 4.78 is 0. The van der Waals surface area contributed by atoms with Gasteiger partial charge in [-0.15, -0.1) is 24.8 Å². The minimum Gasteiger partial charge on any atom is -0.355 e. The minimum atomic E-state index is 0. The third kappa shape index (κ3) is 5.36. The lowest BCUT2D eigenvalue weighted by molar-refractivity contribution is -0.126. The summed E-state index contributed by atoms with van der Waals surface area (Å²) in [6, 6.07) is 10.6. The molecule has 5 rings (SSSR count). The Bertz CT molecular complexity index is 905. The van der Waals surface area contributed by atoms with Gasteiger partial charge in [0, 0.05) is 36.0 Å². The van der Waals surface area contributed by atoms with Gasteiger partial charge < -0.3 is 15.5 Å². The number of hydrogen-bond donors (Lipinski definition) is 2. The second-order valence-electron chi connectivity index (χ2n) is 8.83. The van der Waals surface area contributed by atoms with Crippen molar-refractivity contribution >= 4 is 36.5 Å². The van der Waals surface area contributed by atoms with Crippen molar-refractivity contribution < 1.29 is 4.79 Å². The molecule has 2 aromatic rings. The van der Waals surface area contributed by atoms with Crippen LogP contribution < -0.4 is 15.5 Å². The third-order valence-electron chi connectivity index (χ3n) is 6.72. The molecule has 32 heavy (non-hydrogen) atoms. The van der Waals surface area contributed by atoms with Gasteiger partial charge in [-0.25, -0.2) is 9.97 Å². The second-order valence-corrected chi connectivity index (χ2v) is 8.83. The van der Waals surface area contributed by atoms with Gasteiger partial charge in [0.05, 0.1) is 5.92 Å². The van der Waals surface area contributed by atoms with E-state index in [-0.39, 0.29) is 36.6 Å². The van der Waals surface area contributed by atoms with Crippen molar-refractivity contribution in [3.63, 3.8) is 0 Å². The summed E-state index contributed by atoms with van der Waals surface area (Å²) in [6.07, 6.45) is 7.27. The van der Waals surface area contributed by atoms with E-state index in [2.05, 4.69) is 27.7 Å². The van der Waals surface area contributed by atoms with E-state index in [1.54, 1.807) is 0 Å². The highest BCUT2D eigenvalue weighted by Crippen LogP contribution is 2.33. The fraction of sp³-hybridized carbons (Fsp3) is 0.542. The predicted octanol–water partition coefficient (Wildman–Crippen LogP) is 3.56. The predicted molar refractivity (Wildman–Crippen MR) is 133 cm³/mol. The van der Waals surface area contributed by atoms with Gasteiger partial charge in [0.1, 0.15) is 5.82 Å². The molecular formula is C24H33Cl2N5O. The molecule has 2 N–H and O–H groups in total. The number of halogens is 2. The summed E-state index contributed by atoms with van der Waals surface area (Å²) >= 11 is 0. The Balaban J connectivity index is 0.00000144. The summed E-state index contributed by atoms with van der Waals surface area (Å²) in [7, 11) is 0. The van der Waals surface area contributed by atoms with Crippen LogP contribution in [0, 0.1) is 5.92 Å². The molecule has 2 fully saturated rings. The normalized spacial score (nSPS) is 20.6. The van der Waals surface area contributed by atoms with Crippen molar-refractivity contribution in [2.45, 2.75) is 51.0 Å². The van der Waals surface area contributed by atoms with Gasteiger partial charge in [-0.1, -0.05) is 30.3 Å². The van der Waals surface area contributed by atoms with E-state index in [9.17, 15) is 4.79 Å². The zero-order chi connectivity index (χ0) is 20.3. The van der Waals surface area contributed by atoms with Crippen molar-refractivity contribution in [3.05, 3.63) is 41.6 Å². The average molecular weight is 478 g/mol. The number of nitrogens with one attached hydrogen (secondary N) is 2. The number of benzene rings is 1. The van der Waals surface area contributed by atoms with Crippen LogP contribution in [0.25, 0.3) is 11.4 Å². The molecule has 174 valence electrons. The number of aromatic nitrogens is 2. The van der Waals surface area contributed by atoms with Crippen molar-refractivity contribution in [2.75, 3.05) is 31.1 Å². The van der Waals surface area contributed by atoms with Crippen LogP contribution >= 0.6 is 24.8 Å². The van der Waals surface area contributed by atoms with E-state index < -0.39 is 0 Å². The number of amides is 1. The molecule has 2 saturated heterocycles. The van der Waals surface area contributed by atoms with Gasteiger partial charge in [0.25, 0.3) is 0 Å². The first kappa shape index (κ1) is 24.7. The van der Waals surface area contributed by atoms with Crippen LogP contribution in [0.1, 0.15) is 43.4 Å². The zero-order valence-corrected chi connectivity index (χ0v) is 20.0. The first-order valence-electron chi connectivity index (χ1n) is 11.5. The number of carbonyl (C=O) groups is 1. The molecule has 2 aliphatic heterocycles. The van der Waals surface area contributed by atoms with E-state index in [0.717, 1.165) is 88.3 Å². The number of nitrogens with zero attached hydrogens (tertiary/aromatic N) is 3. The highest BCUT2D eigenvalue weighted by atomic mass is 35.5. The number of aryl methyl sites for hydroxylation is 1. The quantitative estimate of drug-likeness (QED) is 0.704. The number of anilines is 1. The Labute approximate surface area is 202 Å². The van der Waals surface area contributed by atoms with Gasteiger partial charge >= 0.3 is 0 Å². The van der Waals surface area contributed by atoms with Crippen molar-refractivity contribution in [1.82, 2.24) is 20.6 Å². The Morgan fingerprint density at radius 3 is 2.56 bits per heavy atom. The highest BCUT2D eigenvalue weighted by molar-refractivity contribution is 5.85. The number of hydrogen-bond acceptors (Lipinski definition) is 5. The van der Waals surface area contributed by atoms with E-state index in [0.29, 0.717) is 6.04 Å². The topological polar surface area (TPSA) is 70.2 Å². The molecule has 0 bridgehead atoms. The van der Waals surface area contributed by atoms with Crippen molar-refractivity contribution in [2.24, 2.45) is 5.92 Å². The van der Waals surface area contributed by atoms with E-state index in [4.69, 9.17) is 9.97 Å². The smallest absolute Gasteiger partial charge is 0.225 e. The summed E-state index contributed by atoms with van der Waals surface area (Å²) in [6.45, 7) is 3.72. The van der Waals surface area contributed by atoms with Crippen LogP contribution in [0.5, 0.6) is 0 Å². The lowest BCUT2D eigenvalue weighted by Crippen LogP contribution is -2.49. The van der Waals surface area contributed by atoms with Crippen molar-refractivity contribution in [1.29, 1.82) is 0 Å². The summed E-state index contributed by atoms with van der Waals surface area (Å²) in [5, 5.41) is 6.68. The highest BCUT2D eigenvalue weighted by Gasteiger charge is 2.31. The molecule has 1 aromatic carbocycles. The lowest BCUT2D eigenvalue weighted by Gasteiger charge is -2.35. The molecule has 1 aromatic heterocycles. The number of piperidine rings is 2. The Morgan fingerprint density at radius 1 is 1.00 bits per heavy atom. The van der Waals surface area contributed by atoms with E-state index in [1.807, 2.05) is 18.2 Å². The molecule has 1 amide bonds. The van der Waals surface area contributed by atoms with Crippen molar-refractivity contribution in [3.8, 4) is 11.4 Å². The van der Waals surface area contributed by atoms with Crippen LogP contribution in [0.15, 0.2) is 30.3 Å². The SMILES string of the molecule is Cl.Cl.O=C(NC1CCNCC1)C1CCCN(c2nc(-c3ccccc3)nc3c2CCC3)C1. The average Bonchev–Trinajstić information content (AvgIpc) is 3.28. The monoisotopic (exact) mass is 477 g/mol. The van der Waals surface area contributed by atoms with Gasteiger partial charge in [-0.05, 0) is 58.0 Å². The number of rotatable bonds is 4. The summed E-state index contributed by atoms with van der Waals surface area (Å²) in [4.78, 5) is 25.2. The van der Waals surface area contributed by atoms with Gasteiger partial charge in [0.15, 0.2) is 5.82 Å². The zero-order valence-electron chi connectivity index (χ0n) is 18.4. The molecule has 0 radical (unpaired) electrons. The van der Waals surface area contributed by atoms with E-state index >= 15 is 0 Å². The van der Waals surface area contributed by atoms with Crippen LogP contribution in [-0.4, -0.2) is 48.1 Å². The maximum atomic E-state index is 13.0. The van der Waals surface area contributed by atoms with Crippen LogP contribution in [0.4, 0.5) is 5.82 Å². The number of fused-ring (bicyclic) bond motifs is 1. The molecule has 3 aliphatic rings. The maximum Gasteiger partial charge on any atom is 0.225 e. The Hall–Kier alpha value is -1.89. The third-order valence-corrected chi connectivity index (χ3v) is 6.72. The maximum absolute atomic E-state index is 13.0. The Kier molecular flexibility index (Phi) is 8.74. The van der Waals surface area contributed by atoms with Gasteiger partial charge in [-0.3, -0.25) is 4.79 Å². The van der Waals surface area contributed by atoms with Gasteiger partial charge in [0.2, 0.25) is 5.91 Å². The number of carbonyl (C=O) groups excluding carboxylic acids is 1. The molecule has 6 nitrogen and oxygen atoms in total. The molecule has 0 saturated carbocycles. The molecule has 3 heterocycles. The lowest BCUT2D eigenvalue weighted by atomic mass is 9.95. The first-order chi connectivity index (χ1) is 14.8. The standard InChI is InChI=1S/C24H31N5O.2ClH/c30-24(26-19-11-13-25-14-12-19)18-8-5-15-29(16-18)23-20-9-4-10-21(20)27-22(28-23)17-6-2-1-3-7-17;;/h1-3,6-7,18-19,25H,4-5,8-16H2,(H,26,30);2*1H.